The summed E-state index contributed by atoms with van der Waals surface area (Å²) in [6, 6.07) is 17.1. The van der Waals surface area contributed by atoms with Crippen LogP contribution in [0.3, 0.4) is 0 Å². The topological polar surface area (TPSA) is 60.2 Å². The van der Waals surface area contributed by atoms with Crippen LogP contribution in [0.1, 0.15) is 23.7 Å². The van der Waals surface area contributed by atoms with Gasteiger partial charge in [0.15, 0.2) is 5.16 Å². The molecule has 1 aliphatic heterocycles. The highest BCUT2D eigenvalue weighted by Gasteiger charge is 2.28. The van der Waals surface area contributed by atoms with Gasteiger partial charge in [-0.3, -0.25) is 9.36 Å². The summed E-state index contributed by atoms with van der Waals surface area (Å²) in [5, 5.41) is 9.60. The van der Waals surface area contributed by atoms with Crippen molar-refractivity contribution in [1.29, 1.82) is 0 Å². The van der Waals surface area contributed by atoms with E-state index >= 15 is 0 Å². The number of aromatic nitrogens is 3. The molecule has 0 amide bonds. The zero-order valence-electron chi connectivity index (χ0n) is 16.0. The van der Waals surface area contributed by atoms with E-state index in [1.54, 1.807) is 0 Å². The first-order chi connectivity index (χ1) is 14.2. The van der Waals surface area contributed by atoms with E-state index in [1.807, 2.05) is 59.2 Å². The molecular weight excluding hydrogens is 408 g/mol. The molecule has 0 aliphatic carbocycles. The van der Waals surface area contributed by atoms with Crippen LogP contribution in [-0.2, 0) is 9.53 Å². The molecule has 2 heterocycles. The second-order valence-corrected chi connectivity index (χ2v) is 8.23. The van der Waals surface area contributed by atoms with Gasteiger partial charge in [-0.05, 0) is 36.6 Å². The number of thioether (sulfide) groups is 1. The van der Waals surface area contributed by atoms with E-state index in [4.69, 9.17) is 16.3 Å². The number of benzene rings is 2. The van der Waals surface area contributed by atoms with E-state index in [9.17, 15) is 4.79 Å². The van der Waals surface area contributed by atoms with E-state index in [0.717, 1.165) is 43.1 Å². The lowest BCUT2D eigenvalue weighted by Gasteiger charge is -2.20. The quantitative estimate of drug-likeness (QED) is 0.424. The van der Waals surface area contributed by atoms with Crippen LogP contribution in [0.25, 0.3) is 5.69 Å². The first-order valence-electron chi connectivity index (χ1n) is 9.43. The molecule has 1 fully saturated rings. The Morgan fingerprint density at radius 1 is 1.10 bits per heavy atom. The number of ether oxygens (including phenoxy) is 1. The summed E-state index contributed by atoms with van der Waals surface area (Å²) in [6.45, 7) is 1.87. The molecule has 0 radical (unpaired) electrons. The third kappa shape index (κ3) is 4.26. The van der Waals surface area contributed by atoms with Crippen LogP contribution in [0.5, 0.6) is 0 Å². The third-order valence-corrected chi connectivity index (χ3v) is 6.22. The molecule has 4 rings (SSSR count). The normalized spacial score (nSPS) is 14.8. The van der Waals surface area contributed by atoms with Gasteiger partial charge in [0.05, 0.1) is 12.8 Å². The zero-order valence-corrected chi connectivity index (χ0v) is 17.6. The SMILES string of the molecule is COC(=O)C(Sc1nnc(N2CCCC2)n1-c1cccc(Cl)c1)c1ccccc1. The van der Waals surface area contributed by atoms with Gasteiger partial charge in [0.1, 0.15) is 5.25 Å². The second kappa shape index (κ2) is 8.88. The van der Waals surface area contributed by atoms with E-state index in [0.29, 0.717) is 10.2 Å². The molecule has 29 heavy (non-hydrogen) atoms. The maximum absolute atomic E-state index is 12.5. The molecule has 0 saturated carbocycles. The smallest absolute Gasteiger partial charge is 0.323 e. The van der Waals surface area contributed by atoms with Crippen molar-refractivity contribution in [2.24, 2.45) is 0 Å². The van der Waals surface area contributed by atoms with Crippen molar-refractivity contribution in [3.8, 4) is 5.69 Å². The average molecular weight is 429 g/mol. The number of carbonyl (C=O) groups is 1. The fraction of sp³-hybridized carbons (Fsp3) is 0.286. The zero-order chi connectivity index (χ0) is 20.2. The first kappa shape index (κ1) is 19.8. The second-order valence-electron chi connectivity index (χ2n) is 6.72. The lowest BCUT2D eigenvalue weighted by atomic mass is 10.1. The summed E-state index contributed by atoms with van der Waals surface area (Å²) in [7, 11) is 1.40. The lowest BCUT2D eigenvalue weighted by molar-refractivity contribution is -0.140. The van der Waals surface area contributed by atoms with Crippen molar-refractivity contribution in [2.75, 3.05) is 25.1 Å². The minimum Gasteiger partial charge on any atom is -0.468 e. The summed E-state index contributed by atoms with van der Waals surface area (Å²) in [4.78, 5) is 14.8. The molecule has 1 saturated heterocycles. The van der Waals surface area contributed by atoms with Crippen LogP contribution < -0.4 is 4.90 Å². The van der Waals surface area contributed by atoms with Crippen molar-refractivity contribution in [2.45, 2.75) is 23.2 Å². The molecule has 1 atom stereocenters. The third-order valence-electron chi connectivity index (χ3n) is 4.81. The molecule has 0 N–H and O–H groups in total. The number of carbonyl (C=O) groups excluding carboxylic acids is 1. The summed E-state index contributed by atoms with van der Waals surface area (Å²) in [5.41, 5.74) is 1.72. The van der Waals surface area contributed by atoms with Gasteiger partial charge < -0.3 is 9.64 Å². The monoisotopic (exact) mass is 428 g/mol. The maximum atomic E-state index is 12.5. The molecule has 1 aromatic heterocycles. The van der Waals surface area contributed by atoms with Crippen LogP contribution in [0, 0.1) is 0 Å². The molecule has 0 spiro atoms. The summed E-state index contributed by atoms with van der Waals surface area (Å²) < 4.78 is 7.03. The first-order valence-corrected chi connectivity index (χ1v) is 10.7. The van der Waals surface area contributed by atoms with Gasteiger partial charge in [-0.25, -0.2) is 0 Å². The van der Waals surface area contributed by atoms with Crippen LogP contribution in [0.4, 0.5) is 5.95 Å². The molecule has 0 bridgehead atoms. The summed E-state index contributed by atoms with van der Waals surface area (Å²) in [6.07, 6.45) is 2.25. The van der Waals surface area contributed by atoms with E-state index in [2.05, 4.69) is 15.1 Å². The van der Waals surface area contributed by atoms with Crippen LogP contribution >= 0.6 is 23.4 Å². The molecule has 3 aromatic rings. The van der Waals surface area contributed by atoms with Crippen molar-refractivity contribution >= 4 is 35.3 Å². The Labute approximate surface area is 178 Å². The number of anilines is 1. The number of methoxy groups -OCH3 is 1. The number of halogens is 1. The summed E-state index contributed by atoms with van der Waals surface area (Å²) in [5.74, 6) is 0.438. The Bertz CT molecular complexity index is 989. The van der Waals surface area contributed by atoms with Gasteiger partial charge in [0.2, 0.25) is 5.95 Å². The Hall–Kier alpha value is -2.51. The molecule has 1 unspecified atom stereocenters. The van der Waals surface area contributed by atoms with Gasteiger partial charge in [0, 0.05) is 18.1 Å². The maximum Gasteiger partial charge on any atom is 0.323 e. The fourth-order valence-electron chi connectivity index (χ4n) is 3.39. The Kier molecular flexibility index (Phi) is 6.06. The number of rotatable bonds is 6. The van der Waals surface area contributed by atoms with E-state index in [1.165, 1.54) is 18.9 Å². The highest BCUT2D eigenvalue weighted by molar-refractivity contribution is 8.00. The minimum atomic E-state index is -0.547. The highest BCUT2D eigenvalue weighted by atomic mass is 35.5. The highest BCUT2D eigenvalue weighted by Crippen LogP contribution is 2.38. The fourth-order valence-corrected chi connectivity index (χ4v) is 4.66. The van der Waals surface area contributed by atoms with Crippen molar-refractivity contribution in [3.05, 3.63) is 65.2 Å². The van der Waals surface area contributed by atoms with Gasteiger partial charge in [-0.15, -0.1) is 10.2 Å². The molecular formula is C21H21ClN4O2S. The van der Waals surface area contributed by atoms with Crippen molar-refractivity contribution in [3.63, 3.8) is 0 Å². The van der Waals surface area contributed by atoms with Crippen LogP contribution in [-0.4, -0.2) is 40.9 Å². The van der Waals surface area contributed by atoms with Gasteiger partial charge in [-0.1, -0.05) is 59.8 Å². The number of esters is 1. The van der Waals surface area contributed by atoms with Gasteiger partial charge in [0.25, 0.3) is 0 Å². The van der Waals surface area contributed by atoms with Gasteiger partial charge >= 0.3 is 5.97 Å². The Morgan fingerprint density at radius 3 is 2.55 bits per heavy atom. The summed E-state index contributed by atoms with van der Waals surface area (Å²) >= 11 is 7.58. The molecule has 1 aliphatic rings. The Morgan fingerprint density at radius 2 is 1.86 bits per heavy atom. The minimum absolute atomic E-state index is 0.329. The van der Waals surface area contributed by atoms with Crippen molar-refractivity contribution in [1.82, 2.24) is 14.8 Å². The molecule has 8 heteroatoms. The number of hydrogen-bond donors (Lipinski definition) is 0. The largest absolute Gasteiger partial charge is 0.468 e. The predicted octanol–water partition coefficient (Wildman–Crippen LogP) is 4.53. The van der Waals surface area contributed by atoms with Crippen LogP contribution in [0.15, 0.2) is 59.8 Å². The van der Waals surface area contributed by atoms with Crippen LogP contribution in [0.2, 0.25) is 5.02 Å². The standard InChI is InChI=1S/C21H21ClN4O2S/c1-28-19(27)18(15-8-3-2-4-9-15)29-21-24-23-20(25-12-5-6-13-25)26(21)17-11-7-10-16(22)14-17/h2-4,7-11,14,18H,5-6,12-13H2,1H3. The van der Waals surface area contributed by atoms with Gasteiger partial charge in [-0.2, -0.15) is 0 Å². The number of hydrogen-bond acceptors (Lipinski definition) is 6. The van der Waals surface area contributed by atoms with Crippen molar-refractivity contribution < 1.29 is 9.53 Å². The average Bonchev–Trinajstić information content (AvgIpc) is 3.41. The predicted molar refractivity (Wildman–Crippen MR) is 115 cm³/mol. The molecule has 2 aromatic carbocycles. The van der Waals surface area contributed by atoms with E-state index in [-0.39, 0.29) is 5.97 Å². The molecule has 6 nitrogen and oxygen atoms in total. The number of nitrogens with zero attached hydrogens (tertiary/aromatic N) is 4. The Balaban J connectivity index is 1.77. The van der Waals surface area contributed by atoms with E-state index < -0.39 is 5.25 Å². The molecule has 150 valence electrons. The lowest BCUT2D eigenvalue weighted by Crippen LogP contribution is -2.22.